The van der Waals surface area contributed by atoms with E-state index in [-0.39, 0.29) is 15.1 Å². The molecule has 0 radical (unpaired) electrons. The van der Waals surface area contributed by atoms with Crippen LogP contribution in [0.4, 0.5) is 0 Å². The number of hydrogen-bond donors (Lipinski definition) is 0. The van der Waals surface area contributed by atoms with Crippen LogP contribution in [0.15, 0.2) is 146 Å². The first-order chi connectivity index (χ1) is 24.3. The van der Waals surface area contributed by atoms with E-state index in [0.717, 1.165) is 16.4 Å². The van der Waals surface area contributed by atoms with Crippen molar-refractivity contribution in [1.29, 1.82) is 0 Å². The van der Waals surface area contributed by atoms with Gasteiger partial charge < -0.3 is 0 Å². The Morgan fingerprint density at radius 2 is 0.647 bits per heavy atom. The van der Waals surface area contributed by atoms with Gasteiger partial charge in [0.25, 0.3) is 10.1 Å². The Labute approximate surface area is 331 Å². The van der Waals surface area contributed by atoms with E-state index < -0.39 is 32.0 Å². The van der Waals surface area contributed by atoms with E-state index in [1.165, 1.54) is 32.3 Å². The standard InChI is InChI=1S/2C21H24P2Si.2ClH.Ru/c2*1-17-15-16-20(24(2,3)4)22-21(17)23(18-11-7-5-8-12-18)19-13-9-6-10-14-19;;;/h2*5-16H,1-4H3;2*1H;/q;;;;+2/p+2. The van der Waals surface area contributed by atoms with Crippen LogP contribution < -0.4 is 41.1 Å². The zero-order chi connectivity index (χ0) is 37.0. The molecule has 6 rings (SSSR count). The second kappa shape index (κ2) is 20.4. The van der Waals surface area contributed by atoms with Gasteiger partial charge in [0.05, 0.1) is 0 Å². The quantitative estimate of drug-likeness (QED) is 0.106. The van der Waals surface area contributed by atoms with Crippen molar-refractivity contribution in [3.8, 4) is 0 Å². The van der Waals surface area contributed by atoms with E-state index in [2.05, 4.69) is 199 Å². The van der Waals surface area contributed by atoms with Crippen molar-refractivity contribution in [1.82, 2.24) is 0 Å². The monoisotopic (exact) mass is 908 g/mol. The van der Waals surface area contributed by atoms with Crippen LogP contribution in [0.25, 0.3) is 0 Å². The zero-order valence-corrected chi connectivity index (χ0v) is 40.2. The van der Waals surface area contributed by atoms with Gasteiger partial charge in [-0.25, -0.2) is 0 Å². The molecule has 0 fully saturated rings. The summed E-state index contributed by atoms with van der Waals surface area (Å²) in [4.78, 5) is 3.41. The Kier molecular flexibility index (Phi) is 17.0. The van der Waals surface area contributed by atoms with Gasteiger partial charge in [-0.05, 0) is 86.6 Å². The summed E-state index contributed by atoms with van der Waals surface area (Å²) in [5.74, 6) is 0. The molecule has 51 heavy (non-hydrogen) atoms. The maximum atomic E-state index is 4.85. The molecule has 0 aliphatic heterocycles. The molecule has 2 unspecified atom stereocenters. The number of hydrogen-bond acceptors (Lipinski definition) is 0. The van der Waals surface area contributed by atoms with E-state index in [0.29, 0.717) is 0 Å². The Bertz CT molecular complexity index is 1720. The molecule has 2 atom stereocenters. The summed E-state index contributed by atoms with van der Waals surface area (Å²) in [6, 6.07) is 54.1. The molecule has 0 aliphatic carbocycles. The van der Waals surface area contributed by atoms with Crippen molar-refractivity contribution in [3.05, 3.63) is 157 Å². The first kappa shape index (κ1) is 42.4. The average molecular weight is 909 g/mol. The normalized spacial score (nSPS) is 11.8. The summed E-state index contributed by atoms with van der Waals surface area (Å²) in [6.45, 7) is 19.4. The van der Waals surface area contributed by atoms with Gasteiger partial charge in [0.1, 0.15) is 63.0 Å². The second-order valence-corrected chi connectivity index (χ2v) is 36.7. The Morgan fingerprint density at radius 3 is 0.863 bits per heavy atom. The fourth-order valence-corrected chi connectivity index (χ4v) is 21.4. The Balaban J connectivity index is 0.000000212. The number of aryl methyl sites for hydroxylation is 2. The first-order valence-electron chi connectivity index (χ1n) is 17.2. The van der Waals surface area contributed by atoms with Gasteiger partial charge in [0.15, 0.2) is 16.4 Å². The van der Waals surface area contributed by atoms with E-state index >= 15 is 0 Å². The maximum absolute atomic E-state index is 4.85. The van der Waals surface area contributed by atoms with Crippen LogP contribution in [0.5, 0.6) is 0 Å². The van der Waals surface area contributed by atoms with Gasteiger partial charge >= 0.3 is 34.5 Å². The van der Waals surface area contributed by atoms with Gasteiger partial charge in [-0.1, -0.05) is 112 Å². The molecule has 2 heterocycles. The Hall–Kier alpha value is -1.32. The van der Waals surface area contributed by atoms with Gasteiger partial charge in [0, 0.05) is 11.1 Å². The summed E-state index contributed by atoms with van der Waals surface area (Å²) < 4.78 is 0. The summed E-state index contributed by atoms with van der Waals surface area (Å²) in [5.41, 5.74) is 2.97. The summed E-state index contributed by atoms with van der Waals surface area (Å²) in [6.07, 6.45) is 0. The molecule has 0 saturated carbocycles. The molecule has 0 bridgehead atoms. The summed E-state index contributed by atoms with van der Waals surface area (Å²) in [7, 11) is 7.13. The van der Waals surface area contributed by atoms with E-state index in [9.17, 15) is 0 Å². The number of rotatable bonds is 8. The molecule has 9 heteroatoms. The molecule has 266 valence electrons. The van der Waals surface area contributed by atoms with E-state index in [4.69, 9.17) is 19.4 Å². The van der Waals surface area contributed by atoms with E-state index in [1.54, 1.807) is 19.9 Å². The van der Waals surface area contributed by atoms with Crippen molar-refractivity contribution < 1.29 is 15.1 Å². The van der Waals surface area contributed by atoms with E-state index in [1.807, 2.05) is 0 Å². The van der Waals surface area contributed by atoms with Gasteiger partial charge in [-0.3, -0.25) is 0 Å². The molecule has 0 N–H and O–H groups in total. The third kappa shape index (κ3) is 12.3. The number of benzene rings is 4. The molecule has 0 nitrogen and oxygen atoms in total. The predicted molar refractivity (Wildman–Crippen MR) is 248 cm³/mol. The molecule has 4 aromatic carbocycles. The van der Waals surface area contributed by atoms with Gasteiger partial charge in [0.2, 0.25) is 0 Å². The van der Waals surface area contributed by atoms with Crippen molar-refractivity contribution in [2.75, 3.05) is 0 Å². The minimum atomic E-state index is -1.25. The average Bonchev–Trinajstić information content (AvgIpc) is 3.12. The van der Waals surface area contributed by atoms with Crippen LogP contribution in [0.1, 0.15) is 11.1 Å². The minimum absolute atomic E-state index is 0.346. The van der Waals surface area contributed by atoms with Crippen molar-refractivity contribution in [2.45, 2.75) is 53.1 Å². The summed E-state index contributed by atoms with van der Waals surface area (Å²) in [5, 5.41) is 9.39. The van der Waals surface area contributed by atoms with Gasteiger partial charge in [-0.2, -0.15) is 0 Å². The van der Waals surface area contributed by atoms with Gasteiger partial charge in [-0.15, -0.1) is 0 Å². The topological polar surface area (TPSA) is 0 Å². The van der Waals surface area contributed by atoms with Crippen LogP contribution in [0, 0.1) is 13.8 Å². The number of halogens is 2. The van der Waals surface area contributed by atoms with Crippen LogP contribution in [0.3, 0.4) is 0 Å². The third-order valence-electron chi connectivity index (χ3n) is 8.67. The van der Waals surface area contributed by atoms with Crippen LogP contribution >= 0.6 is 51.6 Å². The summed E-state index contributed by atoms with van der Waals surface area (Å²) >= 11 is -0.346. The molecule has 0 spiro atoms. The fourth-order valence-electron chi connectivity index (χ4n) is 5.86. The van der Waals surface area contributed by atoms with Crippen molar-refractivity contribution in [3.63, 3.8) is 0 Å². The van der Waals surface area contributed by atoms with Crippen molar-refractivity contribution >= 4 is 109 Å². The van der Waals surface area contributed by atoms with Crippen molar-refractivity contribution in [2.24, 2.45) is 0 Å². The first-order valence-corrected chi connectivity index (χ1v) is 33.7. The molecule has 0 amide bonds. The SMILES string of the molecule is Cc1ccc([Si](C)(C)C)[pH+]c1[PH+](c1ccccc1)c1ccccc1.Cc1ccc([Si](C)(C)C)[pH+]c1[PH+](c1ccccc1)c1ccccc1.[Cl][Ru][Cl]. The van der Waals surface area contributed by atoms with Crippen LogP contribution in [-0.2, 0) is 15.1 Å². The molecule has 0 saturated heterocycles. The molecule has 6 aromatic rings. The Morgan fingerprint density at radius 1 is 0.412 bits per heavy atom. The molecular formula is C42H52Cl2P4RuSi2+4. The predicted octanol–water partition coefficient (Wildman–Crippen LogP) is 10.1. The molecule has 2 aromatic heterocycles. The molecular weight excluding hydrogens is 857 g/mol. The molecule has 0 aliphatic rings. The second-order valence-electron chi connectivity index (χ2n) is 14.6. The zero-order valence-electron chi connectivity index (χ0n) is 31.0. The van der Waals surface area contributed by atoms with Crippen LogP contribution in [-0.4, -0.2) is 16.1 Å². The third-order valence-corrected chi connectivity index (χ3v) is 27.3. The van der Waals surface area contributed by atoms with Crippen LogP contribution in [0.2, 0.25) is 39.3 Å². The fraction of sp³-hybridized carbons (Fsp3) is 0.190.